The number of hydrogen-bond acceptors (Lipinski definition) is 6. The minimum absolute atomic E-state index is 0.0130. The number of piperazine rings is 1. The van der Waals surface area contributed by atoms with Gasteiger partial charge in [0, 0.05) is 33.3 Å². The molecule has 1 fully saturated rings. The molecule has 2 aromatic rings. The van der Waals surface area contributed by atoms with Gasteiger partial charge in [0.05, 0.1) is 18.3 Å². The van der Waals surface area contributed by atoms with Gasteiger partial charge in [-0.2, -0.15) is 4.68 Å². The van der Waals surface area contributed by atoms with E-state index >= 15 is 0 Å². The first-order valence-electron chi connectivity index (χ1n) is 8.32. The first-order chi connectivity index (χ1) is 12.2. The van der Waals surface area contributed by atoms with E-state index in [4.69, 9.17) is 4.74 Å². The van der Waals surface area contributed by atoms with Gasteiger partial charge in [0.15, 0.2) is 0 Å². The molecule has 1 unspecified atom stereocenters. The Kier molecular flexibility index (Phi) is 5.44. The van der Waals surface area contributed by atoms with Crippen LogP contribution in [-0.2, 0) is 4.74 Å². The van der Waals surface area contributed by atoms with Crippen molar-refractivity contribution in [3.63, 3.8) is 0 Å². The Hall–Kier alpha value is -2.68. The molecule has 3 rings (SSSR count). The smallest absolute Gasteiger partial charge is 0.317 e. The van der Waals surface area contributed by atoms with Gasteiger partial charge >= 0.3 is 6.03 Å². The lowest BCUT2D eigenvalue weighted by atomic mass is 10.3. The summed E-state index contributed by atoms with van der Waals surface area (Å²) >= 11 is 0. The van der Waals surface area contributed by atoms with Crippen LogP contribution in [0.4, 0.5) is 10.7 Å². The molecule has 0 bridgehead atoms. The van der Waals surface area contributed by atoms with Gasteiger partial charge < -0.3 is 19.9 Å². The van der Waals surface area contributed by atoms with Crippen molar-refractivity contribution in [2.24, 2.45) is 0 Å². The highest BCUT2D eigenvalue weighted by Gasteiger charge is 2.25. The molecule has 1 aromatic carbocycles. The molecular weight excluding hydrogens is 322 g/mol. The number of rotatable bonds is 5. The number of nitrogens with zero attached hydrogens (tertiary/aromatic N) is 6. The van der Waals surface area contributed by atoms with Crippen LogP contribution in [0.3, 0.4) is 0 Å². The Morgan fingerprint density at radius 3 is 2.64 bits per heavy atom. The summed E-state index contributed by atoms with van der Waals surface area (Å²) in [6.07, 6.45) is 0. The van der Waals surface area contributed by atoms with Gasteiger partial charge in [0.25, 0.3) is 0 Å². The van der Waals surface area contributed by atoms with E-state index in [1.807, 2.05) is 37.3 Å². The fraction of sp³-hybridized carbons (Fsp3) is 0.500. The van der Waals surface area contributed by atoms with Crippen LogP contribution in [0.1, 0.15) is 6.92 Å². The highest BCUT2D eigenvalue weighted by atomic mass is 16.5. The number of aromatic nitrogens is 4. The first kappa shape index (κ1) is 17.2. The van der Waals surface area contributed by atoms with Crippen LogP contribution in [-0.4, -0.2) is 77.1 Å². The SMILES string of the molecule is COCC(C)NC(=O)N1CCN(c2nnnn2-c2ccccc2)CC1. The summed E-state index contributed by atoms with van der Waals surface area (Å²) in [4.78, 5) is 16.2. The quantitative estimate of drug-likeness (QED) is 0.850. The van der Waals surface area contributed by atoms with E-state index in [-0.39, 0.29) is 12.1 Å². The fourth-order valence-corrected chi connectivity index (χ4v) is 2.82. The number of carbonyl (C=O) groups excluding carboxylic acids is 1. The maximum Gasteiger partial charge on any atom is 0.317 e. The number of urea groups is 1. The van der Waals surface area contributed by atoms with Crippen LogP contribution in [0.2, 0.25) is 0 Å². The molecule has 9 nitrogen and oxygen atoms in total. The summed E-state index contributed by atoms with van der Waals surface area (Å²) in [5.41, 5.74) is 0.913. The number of benzene rings is 1. The first-order valence-corrected chi connectivity index (χ1v) is 8.32. The van der Waals surface area contributed by atoms with Crippen LogP contribution in [0.15, 0.2) is 30.3 Å². The zero-order valence-corrected chi connectivity index (χ0v) is 14.5. The Labute approximate surface area is 146 Å². The second-order valence-electron chi connectivity index (χ2n) is 6.01. The molecule has 0 saturated carbocycles. The lowest BCUT2D eigenvalue weighted by Gasteiger charge is -2.35. The molecule has 1 N–H and O–H groups in total. The molecule has 134 valence electrons. The summed E-state index contributed by atoms with van der Waals surface area (Å²) in [5.74, 6) is 0.694. The van der Waals surface area contributed by atoms with Gasteiger partial charge in [-0.3, -0.25) is 0 Å². The van der Waals surface area contributed by atoms with Crippen LogP contribution < -0.4 is 10.2 Å². The monoisotopic (exact) mass is 345 g/mol. The topological polar surface area (TPSA) is 88.4 Å². The van der Waals surface area contributed by atoms with Crippen molar-refractivity contribution >= 4 is 12.0 Å². The Balaban J connectivity index is 1.60. The molecule has 0 radical (unpaired) electrons. The van der Waals surface area contributed by atoms with Gasteiger partial charge in [-0.15, -0.1) is 0 Å². The van der Waals surface area contributed by atoms with E-state index in [2.05, 4.69) is 25.7 Å². The zero-order valence-electron chi connectivity index (χ0n) is 14.5. The van der Waals surface area contributed by atoms with Crippen molar-refractivity contribution in [3.05, 3.63) is 30.3 Å². The molecular formula is C16H23N7O2. The maximum absolute atomic E-state index is 12.3. The maximum atomic E-state index is 12.3. The molecule has 25 heavy (non-hydrogen) atoms. The number of methoxy groups -OCH3 is 1. The number of carbonyl (C=O) groups is 1. The average Bonchev–Trinajstić information content (AvgIpc) is 3.12. The van der Waals surface area contributed by atoms with Crippen molar-refractivity contribution in [1.82, 2.24) is 30.4 Å². The van der Waals surface area contributed by atoms with Gasteiger partial charge in [-0.05, 0) is 29.5 Å². The number of para-hydroxylation sites is 1. The fourth-order valence-electron chi connectivity index (χ4n) is 2.82. The molecule has 1 saturated heterocycles. The van der Waals surface area contributed by atoms with Crippen molar-refractivity contribution < 1.29 is 9.53 Å². The van der Waals surface area contributed by atoms with Crippen LogP contribution in [0.5, 0.6) is 0 Å². The van der Waals surface area contributed by atoms with Crippen LogP contribution in [0.25, 0.3) is 5.69 Å². The summed E-state index contributed by atoms with van der Waals surface area (Å²) in [5, 5.41) is 15.0. The molecule has 1 atom stereocenters. The third-order valence-corrected chi connectivity index (χ3v) is 4.09. The predicted molar refractivity (Wildman–Crippen MR) is 92.8 cm³/mol. The Morgan fingerprint density at radius 1 is 1.24 bits per heavy atom. The summed E-state index contributed by atoms with van der Waals surface area (Å²) in [6.45, 7) is 5.02. The molecule has 2 heterocycles. The number of anilines is 1. The lowest BCUT2D eigenvalue weighted by Crippen LogP contribution is -2.54. The second-order valence-corrected chi connectivity index (χ2v) is 6.01. The number of tetrazole rings is 1. The summed E-state index contributed by atoms with van der Waals surface area (Å²) in [6, 6.07) is 9.69. The molecule has 1 aliphatic heterocycles. The molecule has 1 aliphatic rings. The van der Waals surface area contributed by atoms with Gasteiger partial charge in [-0.1, -0.05) is 23.3 Å². The third kappa shape index (κ3) is 4.05. The van der Waals surface area contributed by atoms with Crippen molar-refractivity contribution in [2.75, 3.05) is 44.8 Å². The van der Waals surface area contributed by atoms with Gasteiger partial charge in [-0.25, -0.2) is 4.79 Å². The molecule has 9 heteroatoms. The molecule has 1 aromatic heterocycles. The van der Waals surface area contributed by atoms with Gasteiger partial charge in [0.1, 0.15) is 0 Å². The summed E-state index contributed by atoms with van der Waals surface area (Å²) < 4.78 is 6.77. The predicted octanol–water partition coefficient (Wildman–Crippen LogP) is 0.529. The van der Waals surface area contributed by atoms with Crippen molar-refractivity contribution in [3.8, 4) is 5.69 Å². The Morgan fingerprint density at radius 2 is 1.96 bits per heavy atom. The molecule has 0 spiro atoms. The number of nitrogens with one attached hydrogen (secondary N) is 1. The minimum Gasteiger partial charge on any atom is -0.383 e. The van der Waals surface area contributed by atoms with E-state index < -0.39 is 0 Å². The number of ether oxygens (including phenoxy) is 1. The van der Waals surface area contributed by atoms with Crippen LogP contribution in [0, 0.1) is 0 Å². The number of amides is 2. The Bertz CT molecular complexity index is 683. The molecule has 2 amide bonds. The molecule has 0 aliphatic carbocycles. The lowest BCUT2D eigenvalue weighted by molar-refractivity contribution is 0.158. The third-order valence-electron chi connectivity index (χ3n) is 4.09. The number of hydrogen-bond donors (Lipinski definition) is 1. The summed E-state index contributed by atoms with van der Waals surface area (Å²) in [7, 11) is 1.62. The largest absolute Gasteiger partial charge is 0.383 e. The van der Waals surface area contributed by atoms with Crippen molar-refractivity contribution in [2.45, 2.75) is 13.0 Å². The van der Waals surface area contributed by atoms with Gasteiger partial charge in [0.2, 0.25) is 5.95 Å². The van der Waals surface area contributed by atoms with E-state index in [9.17, 15) is 4.79 Å². The zero-order chi connectivity index (χ0) is 17.6. The minimum atomic E-state index is -0.0631. The second kappa shape index (κ2) is 7.93. The highest BCUT2D eigenvalue weighted by molar-refractivity contribution is 5.74. The van der Waals surface area contributed by atoms with E-state index in [1.165, 1.54) is 0 Å². The normalized spacial score (nSPS) is 15.9. The van der Waals surface area contributed by atoms with E-state index in [1.54, 1.807) is 16.7 Å². The average molecular weight is 345 g/mol. The van der Waals surface area contributed by atoms with Crippen molar-refractivity contribution in [1.29, 1.82) is 0 Å². The van der Waals surface area contributed by atoms with Crippen LogP contribution >= 0.6 is 0 Å². The standard InChI is InChI=1S/C16H23N7O2/c1-13(12-25-2)17-16(24)22-10-8-21(9-11-22)15-18-19-20-23(15)14-6-4-3-5-7-14/h3-7,13H,8-12H2,1-2H3,(H,17,24). The highest BCUT2D eigenvalue weighted by Crippen LogP contribution is 2.17. The van der Waals surface area contributed by atoms with E-state index in [0.29, 0.717) is 38.7 Å². The van der Waals surface area contributed by atoms with E-state index in [0.717, 1.165) is 5.69 Å².